The molecule has 0 heterocycles. The Bertz CT molecular complexity index is 209. The summed E-state index contributed by atoms with van der Waals surface area (Å²) in [5.41, 5.74) is 1.59. The molecule has 1 aromatic carbocycles. The molecule has 4 heteroatoms. The highest BCUT2D eigenvalue weighted by atomic mass is 17.1. The molecule has 0 spiro atoms. The molecule has 0 saturated heterocycles. The average Bonchev–Trinajstić information content (AvgIpc) is 2.07. The highest BCUT2D eigenvalue weighted by Crippen LogP contribution is 1.94. The zero-order valence-corrected chi connectivity index (χ0v) is 5.90. The molecule has 0 saturated carbocycles. The van der Waals surface area contributed by atoms with Crippen LogP contribution in [0.4, 0.5) is 0 Å². The molecule has 3 nitrogen and oxygen atoms in total. The first kappa shape index (κ1) is 8.26. The van der Waals surface area contributed by atoms with E-state index in [2.05, 4.69) is 4.81 Å². The van der Waals surface area contributed by atoms with Crippen molar-refractivity contribution in [3.05, 3.63) is 29.8 Å². The molecular weight excluding hydrogens is 143 g/mol. The van der Waals surface area contributed by atoms with Gasteiger partial charge in [0.15, 0.2) is 0 Å². The van der Waals surface area contributed by atoms with Crippen molar-refractivity contribution < 1.29 is 15.2 Å². The Morgan fingerprint density at radius 3 is 2.36 bits per heavy atom. The van der Waals surface area contributed by atoms with E-state index in [-0.39, 0.29) is 6.61 Å². The van der Waals surface area contributed by atoms with E-state index in [1.807, 2.05) is 0 Å². The van der Waals surface area contributed by atoms with Gasteiger partial charge in [-0.15, -0.1) is 0 Å². The summed E-state index contributed by atoms with van der Waals surface area (Å²) in [7, 11) is 1.21. The maximum Gasteiger partial charge on any atom is 0.381 e. The van der Waals surface area contributed by atoms with Gasteiger partial charge in [-0.2, -0.15) is 0 Å². The highest BCUT2D eigenvalue weighted by molar-refractivity contribution is 6.46. The van der Waals surface area contributed by atoms with Crippen LogP contribution in [0.15, 0.2) is 24.3 Å². The lowest BCUT2D eigenvalue weighted by Gasteiger charge is -1.97. The normalized spacial score (nSPS) is 9.64. The Labute approximate surface area is 65.4 Å². The zero-order chi connectivity index (χ0) is 8.10. The predicted octanol–water partition coefficient (Wildman–Crippen LogP) is -0.0870. The molecule has 0 aliphatic carbocycles. The van der Waals surface area contributed by atoms with Crippen molar-refractivity contribution in [3.8, 4) is 0 Å². The third kappa shape index (κ3) is 2.34. The lowest BCUT2D eigenvalue weighted by Crippen LogP contribution is -2.15. The van der Waals surface area contributed by atoms with Gasteiger partial charge in [-0.05, 0) is 5.56 Å². The van der Waals surface area contributed by atoms with Crippen LogP contribution in [0.1, 0.15) is 5.56 Å². The lowest BCUT2D eigenvalue weighted by atomic mass is 9.88. The molecular formula is C7H8BO3. The smallest absolute Gasteiger partial charge is 0.381 e. The van der Waals surface area contributed by atoms with Gasteiger partial charge in [0.25, 0.3) is 0 Å². The van der Waals surface area contributed by atoms with Crippen LogP contribution in [0.2, 0.25) is 0 Å². The molecule has 0 aromatic heterocycles. The van der Waals surface area contributed by atoms with E-state index in [0.29, 0.717) is 0 Å². The van der Waals surface area contributed by atoms with E-state index in [1.165, 1.54) is 7.48 Å². The molecule has 0 fully saturated rings. The summed E-state index contributed by atoms with van der Waals surface area (Å²) in [6, 6.07) is 6.99. The second kappa shape index (κ2) is 4.13. The summed E-state index contributed by atoms with van der Waals surface area (Å²) in [4.78, 5) is 3.81. The van der Waals surface area contributed by atoms with Crippen molar-refractivity contribution >= 4 is 12.9 Å². The Morgan fingerprint density at radius 1 is 1.27 bits per heavy atom. The van der Waals surface area contributed by atoms with Gasteiger partial charge in [0.2, 0.25) is 0 Å². The van der Waals surface area contributed by atoms with E-state index >= 15 is 0 Å². The standard InChI is InChI=1S/C7H8BO3/c9-5-6-1-3-7(4-2-6)8-11-10/h1-4,9-10H,5H2. The summed E-state index contributed by atoms with van der Waals surface area (Å²) in [6.45, 7) is 0.0280. The molecule has 0 amide bonds. The monoisotopic (exact) mass is 151 g/mol. The minimum atomic E-state index is 0.0280. The molecule has 1 radical (unpaired) electrons. The third-order valence-electron chi connectivity index (χ3n) is 1.35. The van der Waals surface area contributed by atoms with E-state index in [9.17, 15) is 0 Å². The predicted molar refractivity (Wildman–Crippen MR) is 41.5 cm³/mol. The molecule has 57 valence electrons. The van der Waals surface area contributed by atoms with Crippen molar-refractivity contribution in [2.24, 2.45) is 0 Å². The largest absolute Gasteiger partial charge is 0.392 e. The maximum absolute atomic E-state index is 8.67. The lowest BCUT2D eigenvalue weighted by molar-refractivity contribution is -0.135. The number of rotatable bonds is 3. The Balaban J connectivity index is 2.66. The van der Waals surface area contributed by atoms with Crippen LogP contribution in [0.25, 0.3) is 0 Å². The van der Waals surface area contributed by atoms with Crippen LogP contribution in [0.3, 0.4) is 0 Å². The first-order chi connectivity index (χ1) is 5.36. The third-order valence-corrected chi connectivity index (χ3v) is 1.35. The van der Waals surface area contributed by atoms with Crippen molar-refractivity contribution in [1.29, 1.82) is 0 Å². The fourth-order valence-corrected chi connectivity index (χ4v) is 0.762. The van der Waals surface area contributed by atoms with Crippen molar-refractivity contribution in [1.82, 2.24) is 0 Å². The van der Waals surface area contributed by atoms with E-state index < -0.39 is 0 Å². The summed E-state index contributed by atoms with van der Waals surface area (Å²) >= 11 is 0. The fraction of sp³-hybridized carbons (Fsp3) is 0.143. The van der Waals surface area contributed by atoms with E-state index in [0.717, 1.165) is 11.0 Å². The van der Waals surface area contributed by atoms with Crippen molar-refractivity contribution in [3.63, 3.8) is 0 Å². The van der Waals surface area contributed by atoms with Gasteiger partial charge < -0.3 is 9.91 Å². The van der Waals surface area contributed by atoms with E-state index in [4.69, 9.17) is 10.4 Å². The Morgan fingerprint density at radius 2 is 1.91 bits per heavy atom. The van der Waals surface area contributed by atoms with Gasteiger partial charge in [0.05, 0.1) is 6.61 Å². The topological polar surface area (TPSA) is 49.7 Å². The fourth-order valence-electron chi connectivity index (χ4n) is 0.762. The van der Waals surface area contributed by atoms with Gasteiger partial charge in [-0.1, -0.05) is 29.7 Å². The van der Waals surface area contributed by atoms with Gasteiger partial charge in [0.1, 0.15) is 0 Å². The van der Waals surface area contributed by atoms with Crippen LogP contribution in [-0.4, -0.2) is 17.8 Å². The summed E-state index contributed by atoms with van der Waals surface area (Å²) in [5.74, 6) is 0. The van der Waals surface area contributed by atoms with Crippen LogP contribution < -0.4 is 5.46 Å². The Kier molecular flexibility index (Phi) is 3.10. The van der Waals surface area contributed by atoms with Crippen LogP contribution in [0.5, 0.6) is 0 Å². The molecule has 0 unspecified atom stereocenters. The SMILES string of the molecule is OCc1ccc([B]OO)cc1. The minimum Gasteiger partial charge on any atom is -0.392 e. The highest BCUT2D eigenvalue weighted by Gasteiger charge is 1.95. The van der Waals surface area contributed by atoms with Gasteiger partial charge in [-0.3, -0.25) is 5.26 Å². The molecule has 0 atom stereocenters. The van der Waals surface area contributed by atoms with Gasteiger partial charge in [-0.25, -0.2) is 0 Å². The van der Waals surface area contributed by atoms with Crippen LogP contribution in [0, 0.1) is 0 Å². The van der Waals surface area contributed by atoms with E-state index in [1.54, 1.807) is 24.3 Å². The molecule has 11 heavy (non-hydrogen) atoms. The number of hydrogen-bond donors (Lipinski definition) is 2. The van der Waals surface area contributed by atoms with Crippen LogP contribution in [-0.2, 0) is 11.4 Å². The summed E-state index contributed by atoms with van der Waals surface area (Å²) in [6.07, 6.45) is 0. The van der Waals surface area contributed by atoms with Gasteiger partial charge in [0, 0.05) is 0 Å². The average molecular weight is 151 g/mol. The second-order valence-electron chi connectivity index (χ2n) is 2.12. The summed E-state index contributed by atoms with van der Waals surface area (Å²) in [5, 5.41) is 16.7. The molecule has 2 N–H and O–H groups in total. The number of hydrogen-bond acceptors (Lipinski definition) is 3. The second-order valence-corrected chi connectivity index (χ2v) is 2.12. The molecule has 1 rings (SSSR count). The van der Waals surface area contributed by atoms with Crippen molar-refractivity contribution in [2.75, 3.05) is 0 Å². The Hall–Kier alpha value is -0.835. The maximum atomic E-state index is 8.67. The summed E-state index contributed by atoms with van der Waals surface area (Å²) < 4.78 is 0. The molecule has 0 aliphatic rings. The first-order valence-corrected chi connectivity index (χ1v) is 3.20. The van der Waals surface area contributed by atoms with Crippen molar-refractivity contribution in [2.45, 2.75) is 6.61 Å². The first-order valence-electron chi connectivity index (χ1n) is 3.20. The molecule has 0 bridgehead atoms. The number of benzene rings is 1. The number of aliphatic hydroxyl groups is 1. The molecule has 1 aromatic rings. The van der Waals surface area contributed by atoms with Crippen LogP contribution >= 0.6 is 0 Å². The number of aliphatic hydroxyl groups excluding tert-OH is 1. The molecule has 0 aliphatic heterocycles. The minimum absolute atomic E-state index is 0.0280. The zero-order valence-electron chi connectivity index (χ0n) is 5.90. The quantitative estimate of drug-likeness (QED) is 0.360. The van der Waals surface area contributed by atoms with Gasteiger partial charge >= 0.3 is 7.48 Å².